The average molecular weight is 450 g/mol. The highest BCUT2D eigenvalue weighted by molar-refractivity contribution is 5.85. The van der Waals surface area contributed by atoms with E-state index in [0.29, 0.717) is 67.5 Å². The molecule has 1 aliphatic heterocycles. The van der Waals surface area contributed by atoms with Crippen LogP contribution in [0.25, 0.3) is 28.2 Å². The molecule has 5 rings (SSSR count). The Morgan fingerprint density at radius 3 is 2.55 bits per heavy atom. The van der Waals surface area contributed by atoms with E-state index in [4.69, 9.17) is 24.4 Å². The molecule has 4 heterocycles. The smallest absolute Gasteiger partial charge is 0.254 e. The lowest BCUT2D eigenvalue weighted by Gasteiger charge is -2.28. The van der Waals surface area contributed by atoms with Crippen molar-refractivity contribution in [3.63, 3.8) is 0 Å². The number of methoxy groups -OCH3 is 1. The summed E-state index contributed by atoms with van der Waals surface area (Å²) in [6.07, 6.45) is 1.15. The predicted octanol–water partition coefficient (Wildman–Crippen LogP) is 2.60. The van der Waals surface area contributed by atoms with Gasteiger partial charge < -0.3 is 24.0 Å². The third-order valence-corrected chi connectivity index (χ3v) is 5.76. The molecule has 0 aliphatic carbocycles. The molecule has 0 bridgehead atoms. The first-order valence-electron chi connectivity index (χ1n) is 11.1. The monoisotopic (exact) mass is 449 g/mol. The molecule has 4 aromatic rings. The number of morpholine rings is 1. The minimum absolute atomic E-state index is 0.413. The Bertz CT molecular complexity index is 1260. The van der Waals surface area contributed by atoms with Crippen LogP contribution >= 0.6 is 0 Å². The fraction of sp³-hybridized carbons (Fsp3) is 0.391. The zero-order chi connectivity index (χ0) is 22.9. The van der Waals surface area contributed by atoms with Crippen molar-refractivity contribution >= 4 is 17.0 Å². The maximum atomic E-state index is 10.3. The first kappa shape index (κ1) is 21.4. The summed E-state index contributed by atoms with van der Waals surface area (Å²) in [5.41, 5.74) is 3.17. The van der Waals surface area contributed by atoms with E-state index in [1.165, 1.54) is 0 Å². The van der Waals surface area contributed by atoms with Crippen LogP contribution in [0.3, 0.4) is 0 Å². The van der Waals surface area contributed by atoms with E-state index in [1.54, 1.807) is 18.7 Å². The molecular weight excluding hydrogens is 422 g/mol. The molecule has 10 heteroatoms. The summed E-state index contributed by atoms with van der Waals surface area (Å²) in [5, 5.41) is 14.9. The predicted molar refractivity (Wildman–Crippen MR) is 124 cm³/mol. The second-order valence-electron chi connectivity index (χ2n) is 7.87. The third kappa shape index (κ3) is 3.81. The van der Waals surface area contributed by atoms with Gasteiger partial charge in [0.05, 0.1) is 25.9 Å². The summed E-state index contributed by atoms with van der Waals surface area (Å²) in [5.74, 6) is 2.18. The van der Waals surface area contributed by atoms with Crippen molar-refractivity contribution in [2.45, 2.75) is 26.5 Å². The van der Waals surface area contributed by atoms with Gasteiger partial charge in [-0.1, -0.05) is 30.3 Å². The van der Waals surface area contributed by atoms with Crippen molar-refractivity contribution in [1.82, 2.24) is 29.3 Å². The summed E-state index contributed by atoms with van der Waals surface area (Å²) >= 11 is 0. The number of aliphatic hydroxyl groups excluding tert-OH is 1. The van der Waals surface area contributed by atoms with Crippen molar-refractivity contribution in [2.24, 2.45) is 0 Å². The minimum Gasteiger partial charge on any atom is -0.479 e. The number of hydrogen-bond acceptors (Lipinski definition) is 8. The van der Waals surface area contributed by atoms with Crippen LogP contribution in [0.5, 0.6) is 5.88 Å². The number of rotatable bonds is 6. The van der Waals surface area contributed by atoms with Crippen LogP contribution in [-0.4, -0.2) is 67.8 Å². The molecule has 1 N–H and O–H groups in total. The summed E-state index contributed by atoms with van der Waals surface area (Å²) in [6, 6.07) is 9.94. The SMILES string of the molecule is CCn1c(C(C)O)nc2c(N3CCOCC3)nc(-n3cc(-c4ccccc4)c(OC)n3)nc21. The van der Waals surface area contributed by atoms with Crippen LogP contribution in [0.15, 0.2) is 36.5 Å². The van der Waals surface area contributed by atoms with Crippen LogP contribution in [0, 0.1) is 0 Å². The molecule has 0 amide bonds. The minimum atomic E-state index is -0.727. The van der Waals surface area contributed by atoms with Crippen molar-refractivity contribution in [1.29, 1.82) is 0 Å². The highest BCUT2D eigenvalue weighted by Gasteiger charge is 2.25. The largest absolute Gasteiger partial charge is 0.479 e. The third-order valence-electron chi connectivity index (χ3n) is 5.76. The number of nitrogens with zero attached hydrogens (tertiary/aromatic N) is 7. The highest BCUT2D eigenvalue weighted by Crippen LogP contribution is 2.32. The Morgan fingerprint density at radius 2 is 1.88 bits per heavy atom. The molecule has 172 valence electrons. The first-order valence-corrected chi connectivity index (χ1v) is 11.1. The Labute approximate surface area is 191 Å². The molecule has 1 saturated heterocycles. The number of anilines is 1. The highest BCUT2D eigenvalue weighted by atomic mass is 16.5. The molecule has 1 unspecified atom stereocenters. The lowest BCUT2D eigenvalue weighted by Crippen LogP contribution is -2.37. The van der Waals surface area contributed by atoms with Crippen molar-refractivity contribution in [3.05, 3.63) is 42.4 Å². The van der Waals surface area contributed by atoms with E-state index in [9.17, 15) is 5.11 Å². The van der Waals surface area contributed by atoms with E-state index in [0.717, 1.165) is 11.1 Å². The van der Waals surface area contributed by atoms with Gasteiger partial charge in [-0.05, 0) is 19.4 Å². The van der Waals surface area contributed by atoms with Gasteiger partial charge in [-0.25, -0.2) is 9.67 Å². The van der Waals surface area contributed by atoms with Crippen LogP contribution in [0.4, 0.5) is 5.82 Å². The van der Waals surface area contributed by atoms with E-state index in [1.807, 2.05) is 48.0 Å². The van der Waals surface area contributed by atoms with Crippen LogP contribution < -0.4 is 9.64 Å². The molecule has 1 aliphatic rings. The molecule has 0 saturated carbocycles. The Kier molecular flexibility index (Phi) is 5.69. The molecule has 1 fully saturated rings. The topological polar surface area (TPSA) is 103 Å². The van der Waals surface area contributed by atoms with Gasteiger partial charge in [0.2, 0.25) is 5.88 Å². The van der Waals surface area contributed by atoms with Crippen LogP contribution in [-0.2, 0) is 11.3 Å². The van der Waals surface area contributed by atoms with Crippen molar-refractivity contribution < 1.29 is 14.6 Å². The Hall–Kier alpha value is -3.50. The lowest BCUT2D eigenvalue weighted by atomic mass is 10.1. The van der Waals surface area contributed by atoms with Crippen molar-refractivity contribution in [3.8, 4) is 23.0 Å². The van der Waals surface area contributed by atoms with Crippen LogP contribution in [0.2, 0.25) is 0 Å². The molecule has 33 heavy (non-hydrogen) atoms. The number of hydrogen-bond donors (Lipinski definition) is 1. The maximum Gasteiger partial charge on any atom is 0.254 e. The van der Waals surface area contributed by atoms with Crippen molar-refractivity contribution in [2.75, 3.05) is 38.3 Å². The quantitative estimate of drug-likeness (QED) is 0.479. The molecular formula is C23H27N7O3. The number of fused-ring (bicyclic) bond motifs is 1. The first-order chi connectivity index (χ1) is 16.1. The fourth-order valence-corrected chi connectivity index (χ4v) is 4.15. The van der Waals surface area contributed by atoms with E-state index in [-0.39, 0.29) is 0 Å². The van der Waals surface area contributed by atoms with Gasteiger partial charge in [0.15, 0.2) is 17.0 Å². The van der Waals surface area contributed by atoms with Gasteiger partial charge in [0.1, 0.15) is 11.9 Å². The molecule has 0 spiro atoms. The van der Waals surface area contributed by atoms with Crippen LogP contribution in [0.1, 0.15) is 25.8 Å². The maximum absolute atomic E-state index is 10.3. The van der Waals surface area contributed by atoms with E-state index < -0.39 is 6.10 Å². The number of ether oxygens (including phenoxy) is 2. The number of aromatic nitrogens is 6. The molecule has 0 radical (unpaired) electrons. The summed E-state index contributed by atoms with van der Waals surface area (Å²) in [4.78, 5) is 16.6. The fourth-order valence-electron chi connectivity index (χ4n) is 4.15. The van der Waals surface area contributed by atoms with Gasteiger partial charge in [-0.3, -0.25) is 0 Å². The Morgan fingerprint density at radius 1 is 1.12 bits per heavy atom. The number of imidazole rings is 1. The molecule has 10 nitrogen and oxygen atoms in total. The zero-order valence-electron chi connectivity index (χ0n) is 19.0. The zero-order valence-corrected chi connectivity index (χ0v) is 19.0. The molecule has 1 atom stereocenters. The van der Waals surface area contributed by atoms with E-state index >= 15 is 0 Å². The molecule has 3 aromatic heterocycles. The molecule has 1 aromatic carbocycles. The number of aliphatic hydroxyl groups is 1. The normalized spacial score (nSPS) is 15.2. The van der Waals surface area contributed by atoms with E-state index in [2.05, 4.69) is 10.00 Å². The summed E-state index contributed by atoms with van der Waals surface area (Å²) in [6.45, 7) is 6.97. The second kappa shape index (κ2) is 8.80. The van der Waals surface area contributed by atoms with Gasteiger partial charge in [0, 0.05) is 25.8 Å². The standard InChI is InChI=1S/C23H27N7O3/c1-4-29-19(15(2)31)24-18-20(28-10-12-33-13-11-28)25-23(26-21(18)29)30-14-17(22(27-30)32-3)16-8-6-5-7-9-16/h5-9,14-15,31H,4,10-13H2,1-3H3. The lowest BCUT2D eigenvalue weighted by molar-refractivity contribution is 0.122. The number of aryl methyl sites for hydroxylation is 1. The summed E-state index contributed by atoms with van der Waals surface area (Å²) < 4.78 is 14.6. The second-order valence-corrected chi connectivity index (χ2v) is 7.87. The van der Waals surface area contributed by atoms with Gasteiger partial charge in [-0.15, -0.1) is 5.10 Å². The van der Waals surface area contributed by atoms with Gasteiger partial charge in [-0.2, -0.15) is 9.97 Å². The van der Waals surface area contributed by atoms with Gasteiger partial charge in [0.25, 0.3) is 5.95 Å². The van der Waals surface area contributed by atoms with Gasteiger partial charge >= 0.3 is 0 Å². The number of benzene rings is 1. The summed E-state index contributed by atoms with van der Waals surface area (Å²) in [7, 11) is 1.60. The average Bonchev–Trinajstić information content (AvgIpc) is 3.46. The Balaban J connectivity index is 1.71.